The van der Waals surface area contributed by atoms with Crippen LogP contribution in [0.4, 0.5) is 11.4 Å². The summed E-state index contributed by atoms with van der Waals surface area (Å²) in [6, 6.07) is 9.59. The van der Waals surface area contributed by atoms with Crippen molar-refractivity contribution in [3.05, 3.63) is 80.9 Å². The number of nitro groups is 1. The molecule has 10 heteroatoms. The van der Waals surface area contributed by atoms with Crippen LogP contribution in [0.3, 0.4) is 0 Å². The minimum Gasteiger partial charge on any atom is -0.454 e. The summed E-state index contributed by atoms with van der Waals surface area (Å²) < 4.78 is 5.14. The first kappa shape index (κ1) is 22.0. The second-order valence-electron chi connectivity index (χ2n) is 8.45. The molecule has 2 aliphatic carbocycles. The Morgan fingerprint density at radius 3 is 2.35 bits per heavy atom. The molecule has 172 valence electrons. The highest BCUT2D eigenvalue weighted by Gasteiger charge is 2.59. The Morgan fingerprint density at radius 1 is 1.06 bits per heavy atom. The van der Waals surface area contributed by atoms with Crippen molar-refractivity contribution in [1.29, 1.82) is 0 Å². The van der Waals surface area contributed by atoms with Crippen molar-refractivity contribution in [2.24, 2.45) is 23.7 Å². The van der Waals surface area contributed by atoms with Crippen LogP contribution in [0.15, 0.2) is 54.6 Å². The number of nitro benzene ring substituents is 1. The minimum absolute atomic E-state index is 0.0246. The fourth-order valence-corrected chi connectivity index (χ4v) is 5.29. The van der Waals surface area contributed by atoms with Crippen molar-refractivity contribution in [3.63, 3.8) is 0 Å². The highest BCUT2D eigenvalue weighted by Crippen LogP contribution is 2.53. The third-order valence-corrected chi connectivity index (χ3v) is 6.95. The van der Waals surface area contributed by atoms with Gasteiger partial charge < -0.3 is 4.74 Å². The van der Waals surface area contributed by atoms with E-state index in [2.05, 4.69) is 0 Å². The van der Waals surface area contributed by atoms with Gasteiger partial charge >= 0.3 is 5.97 Å². The fourth-order valence-electron chi connectivity index (χ4n) is 5.10. The number of ether oxygens (including phenoxy) is 1. The lowest BCUT2D eigenvalue weighted by atomic mass is 9.85. The van der Waals surface area contributed by atoms with E-state index in [9.17, 15) is 29.3 Å². The highest BCUT2D eigenvalue weighted by atomic mass is 35.5. The summed E-state index contributed by atoms with van der Waals surface area (Å²) in [5.74, 6) is -3.04. The number of para-hydroxylation sites is 1. The molecule has 0 unspecified atom stereocenters. The number of hydrogen-bond acceptors (Lipinski definition) is 7. The SMILES string of the molecule is O=C(COC(=O)c1ccccc1N1C(=O)[C@@H]2[C@H](C1=O)[C@H]1C=C[C@@H]2C1)c1ccc(Cl)c([N+](=O)[O-])c1. The monoisotopic (exact) mass is 480 g/mol. The van der Waals surface area contributed by atoms with Crippen molar-refractivity contribution in [3.8, 4) is 0 Å². The van der Waals surface area contributed by atoms with E-state index in [4.69, 9.17) is 16.3 Å². The Morgan fingerprint density at radius 2 is 1.71 bits per heavy atom. The number of halogens is 1. The van der Waals surface area contributed by atoms with Crippen LogP contribution in [0, 0.1) is 33.8 Å². The van der Waals surface area contributed by atoms with Gasteiger partial charge in [0.25, 0.3) is 5.69 Å². The third-order valence-electron chi connectivity index (χ3n) is 6.63. The Kier molecular flexibility index (Phi) is 5.28. The van der Waals surface area contributed by atoms with E-state index < -0.39 is 40.8 Å². The number of rotatable bonds is 6. The molecule has 2 bridgehead atoms. The Bertz CT molecular complexity index is 1270. The number of carbonyl (C=O) groups excluding carboxylic acids is 4. The molecule has 0 N–H and O–H groups in total. The number of ketones is 1. The molecule has 0 radical (unpaired) electrons. The molecular weight excluding hydrogens is 464 g/mol. The largest absolute Gasteiger partial charge is 0.454 e. The molecule has 0 aromatic heterocycles. The number of nitrogens with zero attached hydrogens (tertiary/aromatic N) is 2. The number of Topliss-reactive ketones (excluding diaryl/α,β-unsaturated/α-hetero) is 1. The zero-order valence-electron chi connectivity index (χ0n) is 17.5. The second-order valence-corrected chi connectivity index (χ2v) is 8.86. The predicted molar refractivity (Wildman–Crippen MR) is 119 cm³/mol. The van der Waals surface area contributed by atoms with Gasteiger partial charge in [-0.15, -0.1) is 0 Å². The van der Waals surface area contributed by atoms with Crippen LogP contribution in [0.1, 0.15) is 27.1 Å². The first-order valence-corrected chi connectivity index (χ1v) is 10.9. The summed E-state index contributed by atoms with van der Waals surface area (Å²) in [5, 5.41) is 10.9. The molecule has 1 aliphatic heterocycles. The van der Waals surface area contributed by atoms with Crippen molar-refractivity contribution < 1.29 is 28.8 Å². The maximum atomic E-state index is 13.1. The molecule has 34 heavy (non-hydrogen) atoms. The number of carbonyl (C=O) groups is 4. The van der Waals surface area contributed by atoms with Crippen LogP contribution < -0.4 is 4.90 Å². The summed E-state index contributed by atoms with van der Waals surface area (Å²) in [6.07, 6.45) is 4.75. The minimum atomic E-state index is -0.897. The zero-order chi connectivity index (χ0) is 24.1. The number of fused-ring (bicyclic) bond motifs is 5. The molecule has 2 fully saturated rings. The summed E-state index contributed by atoms with van der Waals surface area (Å²) in [6.45, 7) is -0.687. The molecule has 1 saturated carbocycles. The van der Waals surface area contributed by atoms with Gasteiger partial charge in [-0.1, -0.05) is 35.9 Å². The third kappa shape index (κ3) is 3.40. The number of esters is 1. The van der Waals surface area contributed by atoms with Crippen molar-refractivity contribution in [1.82, 2.24) is 0 Å². The zero-order valence-corrected chi connectivity index (χ0v) is 18.3. The molecule has 1 heterocycles. The Labute approximate surface area is 198 Å². The average molecular weight is 481 g/mol. The molecule has 4 atom stereocenters. The first-order valence-electron chi connectivity index (χ1n) is 10.6. The summed E-state index contributed by atoms with van der Waals surface area (Å²) in [7, 11) is 0. The first-order chi connectivity index (χ1) is 16.3. The van der Waals surface area contributed by atoms with Gasteiger partial charge in [-0.05, 0) is 42.5 Å². The lowest BCUT2D eigenvalue weighted by Gasteiger charge is -2.19. The molecule has 2 aromatic rings. The summed E-state index contributed by atoms with van der Waals surface area (Å²) in [4.78, 5) is 62.9. The molecule has 2 aromatic carbocycles. The number of hydrogen-bond donors (Lipinski definition) is 0. The van der Waals surface area contributed by atoms with Gasteiger partial charge in [0.15, 0.2) is 6.61 Å². The van der Waals surface area contributed by atoms with Gasteiger partial charge in [0, 0.05) is 11.6 Å². The molecular formula is C24H17ClN2O7. The quantitative estimate of drug-likeness (QED) is 0.154. The van der Waals surface area contributed by atoms with Crippen molar-refractivity contribution in [2.45, 2.75) is 6.42 Å². The summed E-state index contributed by atoms with van der Waals surface area (Å²) in [5.41, 5.74) is -0.396. The van der Waals surface area contributed by atoms with E-state index in [0.717, 1.165) is 17.4 Å². The second kappa shape index (κ2) is 8.18. The van der Waals surface area contributed by atoms with Crippen LogP contribution in [0.25, 0.3) is 0 Å². The molecule has 1 saturated heterocycles. The van der Waals surface area contributed by atoms with Crippen LogP contribution in [-0.2, 0) is 14.3 Å². The standard InChI is InChI=1S/C24H17ClN2O7/c25-16-8-7-12(10-18(16)27(32)33)19(28)11-34-24(31)15-3-1-2-4-17(15)26-22(29)20-13-5-6-14(9-13)21(20)23(26)30/h1-8,10,13-14,20-21H,9,11H2/t13-,14+,20+,21-. The van der Waals surface area contributed by atoms with E-state index >= 15 is 0 Å². The van der Waals surface area contributed by atoms with E-state index in [1.165, 1.54) is 24.3 Å². The number of allylic oxidation sites excluding steroid dienone is 2. The Balaban J connectivity index is 1.34. The van der Waals surface area contributed by atoms with Crippen molar-refractivity contribution in [2.75, 3.05) is 11.5 Å². The van der Waals surface area contributed by atoms with E-state index in [1.54, 1.807) is 12.1 Å². The highest BCUT2D eigenvalue weighted by molar-refractivity contribution is 6.32. The Hall–Kier alpha value is -3.85. The molecule has 2 amide bonds. The van der Waals surface area contributed by atoms with Gasteiger partial charge in [-0.2, -0.15) is 0 Å². The topological polar surface area (TPSA) is 124 Å². The maximum absolute atomic E-state index is 13.1. The van der Waals surface area contributed by atoms with Gasteiger partial charge in [0.05, 0.1) is 28.0 Å². The maximum Gasteiger partial charge on any atom is 0.340 e. The van der Waals surface area contributed by atoms with E-state index in [-0.39, 0.29) is 45.5 Å². The lowest BCUT2D eigenvalue weighted by Crippen LogP contribution is -2.34. The van der Waals surface area contributed by atoms with E-state index in [1.807, 2.05) is 12.2 Å². The number of amides is 2. The smallest absolute Gasteiger partial charge is 0.340 e. The molecule has 3 aliphatic rings. The lowest BCUT2D eigenvalue weighted by molar-refractivity contribution is -0.384. The van der Waals surface area contributed by atoms with Crippen LogP contribution in [0.2, 0.25) is 5.02 Å². The molecule has 5 rings (SSSR count). The fraction of sp³-hybridized carbons (Fsp3) is 0.250. The van der Waals surface area contributed by atoms with Gasteiger partial charge in [0.1, 0.15) is 5.02 Å². The number of imide groups is 1. The normalized spacial score (nSPS) is 24.4. The van der Waals surface area contributed by atoms with E-state index in [0.29, 0.717) is 0 Å². The number of benzene rings is 2. The summed E-state index contributed by atoms with van der Waals surface area (Å²) >= 11 is 5.76. The predicted octanol–water partition coefficient (Wildman–Crippen LogP) is 3.60. The number of anilines is 1. The average Bonchev–Trinajstić information content (AvgIpc) is 3.51. The van der Waals surface area contributed by atoms with Crippen LogP contribution in [-0.4, -0.2) is 35.1 Å². The van der Waals surface area contributed by atoms with Crippen LogP contribution in [0.5, 0.6) is 0 Å². The van der Waals surface area contributed by atoms with Crippen molar-refractivity contribution >= 4 is 46.5 Å². The van der Waals surface area contributed by atoms with Gasteiger partial charge in [0.2, 0.25) is 17.6 Å². The van der Waals surface area contributed by atoms with Gasteiger partial charge in [-0.25, -0.2) is 9.69 Å². The molecule has 9 nitrogen and oxygen atoms in total. The molecule has 0 spiro atoms. The van der Waals surface area contributed by atoms with Gasteiger partial charge in [-0.3, -0.25) is 24.5 Å². The van der Waals surface area contributed by atoms with Crippen LogP contribution >= 0.6 is 11.6 Å².